The van der Waals surface area contributed by atoms with E-state index in [4.69, 9.17) is 11.6 Å². The third kappa shape index (κ3) is 2.06. The molecule has 0 aromatic heterocycles. The van der Waals surface area contributed by atoms with Crippen LogP contribution in [-0.4, -0.2) is 13.4 Å². The molecule has 0 aliphatic rings. The highest BCUT2D eigenvalue weighted by Crippen LogP contribution is 2.23. The molecule has 0 atom stereocenters. The predicted molar refractivity (Wildman–Crippen MR) is 57.8 cm³/mol. The lowest BCUT2D eigenvalue weighted by Gasteiger charge is -2.13. The first-order valence-electron chi connectivity index (χ1n) is 3.68. The van der Waals surface area contributed by atoms with E-state index in [1.807, 2.05) is 19.1 Å². The fourth-order valence-corrected chi connectivity index (χ4v) is 1.27. The molecule has 0 fully saturated rings. The van der Waals surface area contributed by atoms with Gasteiger partial charge in [-0.05, 0) is 30.7 Å². The van der Waals surface area contributed by atoms with Crippen LogP contribution in [0.5, 0.6) is 0 Å². The lowest BCUT2D eigenvalue weighted by molar-refractivity contribution is 0.938. The number of hydrogen-bond acceptors (Lipinski definition) is 3. The molecule has 0 spiro atoms. The first-order valence-corrected chi connectivity index (χ1v) is 4.06. The Morgan fingerprint density at radius 1 is 1.31 bits per heavy atom. The molecule has 4 heteroatoms. The van der Waals surface area contributed by atoms with Crippen molar-refractivity contribution in [2.75, 3.05) is 5.12 Å². The number of anilines is 1. The van der Waals surface area contributed by atoms with Crippen LogP contribution in [0.4, 0.5) is 5.69 Å². The van der Waals surface area contributed by atoms with Crippen molar-refractivity contribution in [1.82, 2.24) is 0 Å². The topological polar surface area (TPSA) is 28.0 Å². The Morgan fingerprint density at radius 2 is 1.92 bits per heavy atom. The van der Waals surface area contributed by atoms with Gasteiger partial charge in [-0.1, -0.05) is 11.6 Å². The second-order valence-corrected chi connectivity index (χ2v) is 2.94. The molecule has 1 aromatic rings. The van der Waals surface area contributed by atoms with Gasteiger partial charge in [0, 0.05) is 18.5 Å². The van der Waals surface area contributed by atoms with E-state index in [1.165, 1.54) is 5.12 Å². The van der Waals surface area contributed by atoms with Crippen molar-refractivity contribution >= 4 is 30.7 Å². The summed E-state index contributed by atoms with van der Waals surface area (Å²) < 4.78 is 0. The minimum absolute atomic E-state index is 0.689. The lowest BCUT2D eigenvalue weighted by Crippen LogP contribution is -2.07. The number of nitrogens with zero attached hydrogens (tertiary/aromatic N) is 3. The van der Waals surface area contributed by atoms with E-state index in [1.54, 1.807) is 6.07 Å². The van der Waals surface area contributed by atoms with Gasteiger partial charge in [-0.3, -0.25) is 0 Å². The van der Waals surface area contributed by atoms with E-state index in [-0.39, 0.29) is 0 Å². The van der Waals surface area contributed by atoms with Crippen molar-refractivity contribution in [2.45, 2.75) is 6.92 Å². The van der Waals surface area contributed by atoms with Gasteiger partial charge in [0.1, 0.15) is 0 Å². The smallest absolute Gasteiger partial charge is 0.0886 e. The minimum Gasteiger partial charge on any atom is -0.167 e. The highest BCUT2D eigenvalue weighted by atomic mass is 35.5. The van der Waals surface area contributed by atoms with Gasteiger partial charge in [0.25, 0.3) is 0 Å². The van der Waals surface area contributed by atoms with E-state index in [0.29, 0.717) is 5.02 Å². The summed E-state index contributed by atoms with van der Waals surface area (Å²) in [4.78, 5) is 0. The van der Waals surface area contributed by atoms with Gasteiger partial charge in [0.2, 0.25) is 0 Å². The van der Waals surface area contributed by atoms with E-state index in [2.05, 4.69) is 23.6 Å². The number of aryl methyl sites for hydroxylation is 1. The van der Waals surface area contributed by atoms with Gasteiger partial charge >= 0.3 is 0 Å². The zero-order valence-corrected chi connectivity index (χ0v) is 8.12. The largest absolute Gasteiger partial charge is 0.167 e. The fourth-order valence-electron chi connectivity index (χ4n) is 1.04. The summed E-state index contributed by atoms with van der Waals surface area (Å²) in [5, 5.41) is 9.40. The Labute approximate surface area is 82.3 Å². The van der Waals surface area contributed by atoms with Crippen molar-refractivity contribution < 1.29 is 0 Å². The Bertz CT molecular complexity index is 328. The second-order valence-electron chi connectivity index (χ2n) is 2.50. The Kier molecular flexibility index (Phi) is 3.03. The standard InChI is InChI=1S/C9H10ClN3/c1-7-6-8(10)4-5-9(7)13(11-2)12-3/h4-6H,2-3H2,1H3. The predicted octanol–water partition coefficient (Wildman–Crippen LogP) is 2.69. The van der Waals surface area contributed by atoms with Crippen molar-refractivity contribution in [2.24, 2.45) is 10.2 Å². The number of halogens is 1. The third-order valence-electron chi connectivity index (χ3n) is 1.64. The average Bonchev–Trinajstić information content (AvgIpc) is 2.10. The summed E-state index contributed by atoms with van der Waals surface area (Å²) in [6.07, 6.45) is 0. The van der Waals surface area contributed by atoms with Crippen LogP contribution >= 0.6 is 11.6 Å². The van der Waals surface area contributed by atoms with Crippen LogP contribution in [0.3, 0.4) is 0 Å². The van der Waals surface area contributed by atoms with Gasteiger partial charge in [-0.15, -0.1) is 0 Å². The molecule has 3 nitrogen and oxygen atoms in total. The zero-order valence-electron chi connectivity index (χ0n) is 7.37. The Balaban J connectivity index is 3.13. The van der Waals surface area contributed by atoms with Crippen LogP contribution in [0.1, 0.15) is 5.56 Å². The van der Waals surface area contributed by atoms with Gasteiger partial charge in [-0.2, -0.15) is 15.3 Å². The van der Waals surface area contributed by atoms with Gasteiger partial charge in [0.15, 0.2) is 0 Å². The van der Waals surface area contributed by atoms with Gasteiger partial charge in [0.05, 0.1) is 5.69 Å². The molecule has 0 bridgehead atoms. The van der Waals surface area contributed by atoms with Crippen molar-refractivity contribution in [1.29, 1.82) is 0 Å². The fraction of sp³-hybridized carbons (Fsp3) is 0.111. The summed E-state index contributed by atoms with van der Waals surface area (Å²) in [5.41, 5.74) is 1.81. The zero-order chi connectivity index (χ0) is 9.84. The Hall–Kier alpha value is -1.35. The van der Waals surface area contributed by atoms with Gasteiger partial charge in [-0.25, -0.2) is 0 Å². The summed E-state index contributed by atoms with van der Waals surface area (Å²) in [6.45, 7) is 8.68. The molecule has 0 saturated carbocycles. The molecule has 0 amide bonds. The molecular weight excluding hydrogens is 186 g/mol. The van der Waals surface area contributed by atoms with E-state index >= 15 is 0 Å². The maximum atomic E-state index is 5.80. The molecule has 0 unspecified atom stereocenters. The second kappa shape index (κ2) is 4.05. The molecule has 13 heavy (non-hydrogen) atoms. The summed E-state index contributed by atoms with van der Waals surface area (Å²) in [7, 11) is 0. The minimum atomic E-state index is 0.689. The highest BCUT2D eigenvalue weighted by Gasteiger charge is 2.04. The van der Waals surface area contributed by atoms with Crippen LogP contribution in [0.25, 0.3) is 0 Å². The molecule has 0 heterocycles. The van der Waals surface area contributed by atoms with E-state index < -0.39 is 0 Å². The van der Waals surface area contributed by atoms with Crippen LogP contribution < -0.4 is 5.12 Å². The average molecular weight is 196 g/mol. The first-order chi connectivity index (χ1) is 6.19. The molecule has 0 saturated heterocycles. The number of rotatable bonds is 3. The summed E-state index contributed by atoms with van der Waals surface area (Å²) in [6, 6.07) is 5.43. The van der Waals surface area contributed by atoms with Crippen LogP contribution in [0, 0.1) is 6.92 Å². The molecule has 0 N–H and O–H groups in total. The number of hydrogen-bond donors (Lipinski definition) is 0. The monoisotopic (exact) mass is 195 g/mol. The lowest BCUT2D eigenvalue weighted by atomic mass is 10.2. The van der Waals surface area contributed by atoms with Crippen LogP contribution in [-0.2, 0) is 0 Å². The molecule has 0 radical (unpaired) electrons. The maximum Gasteiger partial charge on any atom is 0.0886 e. The van der Waals surface area contributed by atoms with Gasteiger partial charge < -0.3 is 0 Å². The highest BCUT2D eigenvalue weighted by molar-refractivity contribution is 6.30. The van der Waals surface area contributed by atoms with E-state index in [9.17, 15) is 0 Å². The molecule has 0 aliphatic carbocycles. The maximum absolute atomic E-state index is 5.80. The first kappa shape index (κ1) is 9.74. The Morgan fingerprint density at radius 3 is 2.38 bits per heavy atom. The number of benzene rings is 1. The SMILES string of the molecule is C=NN(N=C)c1ccc(Cl)cc1C. The molecule has 1 aromatic carbocycles. The third-order valence-corrected chi connectivity index (χ3v) is 1.88. The van der Waals surface area contributed by atoms with E-state index in [0.717, 1.165) is 11.3 Å². The summed E-state index contributed by atoms with van der Waals surface area (Å²) >= 11 is 5.80. The molecule has 1 rings (SSSR count). The van der Waals surface area contributed by atoms with Crippen molar-refractivity contribution in [3.05, 3.63) is 28.8 Å². The quantitative estimate of drug-likeness (QED) is 0.538. The number of hydrazone groups is 2. The molecular formula is C9H10ClN3. The normalized spacial score (nSPS) is 9.38. The molecule has 68 valence electrons. The van der Waals surface area contributed by atoms with Crippen molar-refractivity contribution in [3.8, 4) is 0 Å². The molecule has 0 aliphatic heterocycles. The van der Waals surface area contributed by atoms with Crippen LogP contribution in [0.2, 0.25) is 5.02 Å². The van der Waals surface area contributed by atoms with Crippen LogP contribution in [0.15, 0.2) is 28.4 Å². The summed E-state index contributed by atoms with van der Waals surface area (Å²) in [5.74, 6) is 0. The van der Waals surface area contributed by atoms with Crippen molar-refractivity contribution in [3.63, 3.8) is 0 Å².